The SMILES string of the molecule is O=C(C[NH+]1CCN(c2ccccc2F)CC1)Nc1nc2ccccc2s1. The number of quaternary nitrogens is 1. The summed E-state index contributed by atoms with van der Waals surface area (Å²) in [5, 5.41) is 3.54. The second-order valence-electron chi connectivity index (χ2n) is 6.40. The molecule has 1 amide bonds. The Hall–Kier alpha value is -2.51. The highest BCUT2D eigenvalue weighted by atomic mass is 32.1. The van der Waals surface area contributed by atoms with Crippen LogP contribution in [0.15, 0.2) is 48.5 Å². The number of nitrogens with zero attached hydrogens (tertiary/aromatic N) is 2. The molecule has 0 bridgehead atoms. The molecule has 5 nitrogen and oxygen atoms in total. The van der Waals surface area contributed by atoms with Crippen LogP contribution in [0.1, 0.15) is 0 Å². The maximum Gasteiger partial charge on any atom is 0.281 e. The van der Waals surface area contributed by atoms with Gasteiger partial charge in [-0.3, -0.25) is 10.1 Å². The molecule has 3 aromatic rings. The molecule has 0 saturated carbocycles. The number of halogens is 1. The monoisotopic (exact) mass is 371 g/mol. The Morgan fingerprint density at radius 1 is 1.15 bits per heavy atom. The van der Waals surface area contributed by atoms with Gasteiger partial charge in [-0.25, -0.2) is 9.37 Å². The number of aromatic nitrogens is 1. The Kier molecular flexibility index (Phi) is 4.81. The van der Waals surface area contributed by atoms with Crippen LogP contribution in [0.4, 0.5) is 15.2 Å². The second-order valence-corrected chi connectivity index (χ2v) is 7.43. The summed E-state index contributed by atoms with van der Waals surface area (Å²) in [6.45, 7) is 3.50. The number of carbonyl (C=O) groups is 1. The molecule has 1 aliphatic heterocycles. The van der Waals surface area contributed by atoms with Crippen LogP contribution in [0.5, 0.6) is 0 Å². The maximum atomic E-state index is 13.9. The van der Waals surface area contributed by atoms with Crippen molar-refractivity contribution in [1.29, 1.82) is 0 Å². The Morgan fingerprint density at radius 2 is 1.88 bits per heavy atom. The molecule has 2 heterocycles. The Balaban J connectivity index is 1.31. The third-order valence-electron chi connectivity index (χ3n) is 4.61. The van der Waals surface area contributed by atoms with E-state index >= 15 is 0 Å². The molecule has 0 spiro atoms. The number of benzene rings is 2. The fourth-order valence-corrected chi connectivity index (χ4v) is 4.15. The van der Waals surface area contributed by atoms with Gasteiger partial charge in [0, 0.05) is 0 Å². The van der Waals surface area contributed by atoms with Gasteiger partial charge in [0.05, 0.1) is 42.1 Å². The van der Waals surface area contributed by atoms with Gasteiger partial charge in [-0.15, -0.1) is 0 Å². The molecule has 2 aromatic carbocycles. The van der Waals surface area contributed by atoms with Gasteiger partial charge in [0.1, 0.15) is 5.82 Å². The largest absolute Gasteiger partial charge is 0.358 e. The van der Waals surface area contributed by atoms with Crippen LogP contribution in [0.3, 0.4) is 0 Å². The first-order chi connectivity index (χ1) is 12.7. The van der Waals surface area contributed by atoms with Crippen LogP contribution in [-0.2, 0) is 4.79 Å². The average molecular weight is 371 g/mol. The number of para-hydroxylation sites is 2. The fraction of sp³-hybridized carbons (Fsp3) is 0.263. The lowest BCUT2D eigenvalue weighted by Gasteiger charge is -2.33. The first-order valence-electron chi connectivity index (χ1n) is 8.67. The third-order valence-corrected chi connectivity index (χ3v) is 5.57. The van der Waals surface area contributed by atoms with Gasteiger partial charge in [-0.2, -0.15) is 0 Å². The first kappa shape index (κ1) is 16.9. The highest BCUT2D eigenvalue weighted by molar-refractivity contribution is 7.22. The summed E-state index contributed by atoms with van der Waals surface area (Å²) in [7, 11) is 0. The minimum absolute atomic E-state index is 0.0293. The molecule has 0 radical (unpaired) electrons. The van der Waals surface area contributed by atoms with Crippen LogP contribution in [-0.4, -0.2) is 43.6 Å². The molecule has 2 N–H and O–H groups in total. The quantitative estimate of drug-likeness (QED) is 0.735. The Bertz CT molecular complexity index is 888. The van der Waals surface area contributed by atoms with Crippen LogP contribution >= 0.6 is 11.3 Å². The minimum Gasteiger partial charge on any atom is -0.358 e. The van der Waals surface area contributed by atoms with Gasteiger partial charge < -0.3 is 9.80 Å². The summed E-state index contributed by atoms with van der Waals surface area (Å²) in [5.74, 6) is -0.220. The summed E-state index contributed by atoms with van der Waals surface area (Å²) in [6, 6.07) is 14.7. The molecule has 0 unspecified atom stereocenters. The highest BCUT2D eigenvalue weighted by Gasteiger charge is 2.24. The average Bonchev–Trinajstić information content (AvgIpc) is 3.05. The van der Waals surface area contributed by atoms with Crippen molar-refractivity contribution in [2.75, 3.05) is 42.9 Å². The Labute approximate surface area is 155 Å². The van der Waals surface area contributed by atoms with E-state index in [-0.39, 0.29) is 11.7 Å². The molecule has 134 valence electrons. The standard InChI is InChI=1S/C19H19FN4OS/c20-14-5-1-3-7-16(14)24-11-9-23(10-12-24)13-18(25)22-19-21-15-6-2-4-8-17(15)26-19/h1-8H,9-13H2,(H,21,22,25)/p+1. The number of amides is 1. The van der Waals surface area contributed by atoms with Crippen molar-refractivity contribution >= 4 is 38.3 Å². The van der Waals surface area contributed by atoms with Crippen molar-refractivity contribution in [1.82, 2.24) is 4.98 Å². The molecule has 0 aliphatic carbocycles. The van der Waals surface area contributed by atoms with E-state index in [9.17, 15) is 9.18 Å². The summed E-state index contributed by atoms with van der Waals surface area (Å²) in [5.41, 5.74) is 1.55. The van der Waals surface area contributed by atoms with Gasteiger partial charge in [-0.1, -0.05) is 35.6 Å². The van der Waals surface area contributed by atoms with E-state index in [2.05, 4.69) is 10.3 Å². The molecule has 1 aliphatic rings. The number of anilines is 2. The number of carbonyl (C=O) groups excluding carboxylic acids is 1. The number of piperazine rings is 1. The third kappa shape index (κ3) is 3.68. The van der Waals surface area contributed by atoms with E-state index in [1.807, 2.05) is 35.2 Å². The molecule has 1 aromatic heterocycles. The molecule has 0 atom stereocenters. The van der Waals surface area contributed by atoms with Crippen molar-refractivity contribution in [3.8, 4) is 0 Å². The van der Waals surface area contributed by atoms with Gasteiger partial charge in [-0.05, 0) is 24.3 Å². The molecular weight excluding hydrogens is 351 g/mol. The zero-order valence-corrected chi connectivity index (χ0v) is 15.1. The summed E-state index contributed by atoms with van der Waals surface area (Å²) < 4.78 is 15.0. The first-order valence-corrected chi connectivity index (χ1v) is 9.49. The zero-order chi connectivity index (χ0) is 17.9. The molecule has 26 heavy (non-hydrogen) atoms. The van der Waals surface area contributed by atoms with Gasteiger partial charge in [0.25, 0.3) is 5.91 Å². The van der Waals surface area contributed by atoms with E-state index in [1.54, 1.807) is 12.1 Å². The van der Waals surface area contributed by atoms with E-state index in [0.29, 0.717) is 17.4 Å². The molecule has 7 heteroatoms. The number of fused-ring (bicyclic) bond motifs is 1. The number of thiazole rings is 1. The van der Waals surface area contributed by atoms with Crippen LogP contribution < -0.4 is 15.1 Å². The summed E-state index contributed by atoms with van der Waals surface area (Å²) >= 11 is 1.48. The minimum atomic E-state index is -0.190. The second kappa shape index (κ2) is 7.39. The molecule has 1 saturated heterocycles. The van der Waals surface area contributed by atoms with Gasteiger partial charge in [0.2, 0.25) is 0 Å². The maximum absolute atomic E-state index is 13.9. The number of nitrogens with one attached hydrogen (secondary N) is 2. The van der Waals surface area contributed by atoms with Crippen LogP contribution in [0.2, 0.25) is 0 Å². The van der Waals surface area contributed by atoms with E-state index < -0.39 is 0 Å². The number of hydrogen-bond donors (Lipinski definition) is 2. The fourth-order valence-electron chi connectivity index (χ4n) is 3.27. The lowest BCUT2D eigenvalue weighted by Crippen LogP contribution is -3.15. The molecule has 4 rings (SSSR count). The topological polar surface area (TPSA) is 49.7 Å². The Morgan fingerprint density at radius 3 is 2.65 bits per heavy atom. The normalized spacial score (nSPS) is 15.3. The van der Waals surface area contributed by atoms with Crippen molar-refractivity contribution in [3.63, 3.8) is 0 Å². The van der Waals surface area contributed by atoms with Crippen molar-refractivity contribution < 1.29 is 14.1 Å². The van der Waals surface area contributed by atoms with Gasteiger partial charge >= 0.3 is 0 Å². The van der Waals surface area contributed by atoms with Gasteiger partial charge in [0.15, 0.2) is 11.7 Å². The van der Waals surface area contributed by atoms with Crippen molar-refractivity contribution in [2.24, 2.45) is 0 Å². The highest BCUT2D eigenvalue weighted by Crippen LogP contribution is 2.25. The van der Waals surface area contributed by atoms with Crippen molar-refractivity contribution in [2.45, 2.75) is 0 Å². The smallest absolute Gasteiger partial charge is 0.281 e. The van der Waals surface area contributed by atoms with Crippen molar-refractivity contribution in [3.05, 3.63) is 54.3 Å². The predicted octanol–water partition coefficient (Wildman–Crippen LogP) is 1.78. The predicted molar refractivity (Wildman–Crippen MR) is 102 cm³/mol. The number of hydrogen-bond acceptors (Lipinski definition) is 4. The lowest BCUT2D eigenvalue weighted by atomic mass is 10.2. The molecular formula is C19H20FN4OS+. The summed E-state index contributed by atoms with van der Waals surface area (Å²) in [6.07, 6.45) is 0. The van der Waals surface area contributed by atoms with Crippen LogP contribution in [0.25, 0.3) is 10.2 Å². The van der Waals surface area contributed by atoms with E-state index in [1.165, 1.54) is 22.3 Å². The summed E-state index contributed by atoms with van der Waals surface area (Å²) in [4.78, 5) is 20.0. The molecule has 1 fully saturated rings. The van der Waals surface area contributed by atoms with E-state index in [0.717, 1.165) is 36.4 Å². The van der Waals surface area contributed by atoms with Crippen LogP contribution in [0, 0.1) is 5.82 Å². The van der Waals surface area contributed by atoms with E-state index in [4.69, 9.17) is 0 Å². The zero-order valence-electron chi connectivity index (χ0n) is 14.2. The lowest BCUT2D eigenvalue weighted by molar-refractivity contribution is -0.892. The number of rotatable bonds is 4.